The molecule has 0 amide bonds. The van der Waals surface area contributed by atoms with Crippen molar-refractivity contribution >= 4 is 46.2 Å². The minimum Gasteiger partial charge on any atom is -0.369 e. The summed E-state index contributed by atoms with van der Waals surface area (Å²) in [6, 6.07) is 11.4. The first-order valence-corrected chi connectivity index (χ1v) is 12.2. The minimum absolute atomic E-state index is 0.0462. The molecule has 3 aromatic rings. The van der Waals surface area contributed by atoms with Crippen LogP contribution in [-0.4, -0.2) is 34.1 Å². The summed E-state index contributed by atoms with van der Waals surface area (Å²) >= 11 is 14.1. The van der Waals surface area contributed by atoms with Crippen LogP contribution in [0.3, 0.4) is 0 Å². The van der Waals surface area contributed by atoms with Crippen LogP contribution in [0.25, 0.3) is 5.57 Å². The highest BCUT2D eigenvalue weighted by molar-refractivity contribution is 7.99. The highest BCUT2D eigenvalue weighted by atomic mass is 35.5. The molecule has 1 aliphatic heterocycles. The second kappa shape index (κ2) is 8.73. The maximum Gasteiger partial charge on any atom is 0.251 e. The molecule has 1 aromatic carbocycles. The van der Waals surface area contributed by atoms with Gasteiger partial charge in [-0.15, -0.1) is 0 Å². The van der Waals surface area contributed by atoms with Crippen LogP contribution < -0.4 is 10.5 Å². The zero-order valence-electron chi connectivity index (χ0n) is 16.9. The Balaban J connectivity index is 1.41. The Hall–Kier alpha value is -2.21. The van der Waals surface area contributed by atoms with E-state index in [1.54, 1.807) is 22.8 Å². The van der Waals surface area contributed by atoms with Gasteiger partial charge in [0.1, 0.15) is 0 Å². The van der Waals surface area contributed by atoms with Crippen LogP contribution >= 0.6 is 35.0 Å². The average Bonchev–Trinajstić information content (AvgIpc) is 3.21. The molecule has 0 saturated carbocycles. The fraction of sp³-hybridized carbons (Fsp3) is 0.250. The maximum absolute atomic E-state index is 12.8. The summed E-state index contributed by atoms with van der Waals surface area (Å²) in [4.78, 5) is 19.9. The molecule has 1 aliphatic carbocycles. The predicted molar refractivity (Wildman–Crippen MR) is 131 cm³/mol. The standard InChI is InChI=1S/C24H21Cl2N3OS/c25-21-3-1-16(11-22(21)26)15-29-6-5-17(12-24(29)30)19-2-4-23-20(19)13-18(14-27-23)28-7-9-31-10-8-28/h1-3,5-6,11-14H,4,7-10,15H2. The Kier molecular flexibility index (Phi) is 5.83. The molecule has 0 radical (unpaired) electrons. The first kappa shape index (κ1) is 20.7. The number of thioether (sulfide) groups is 1. The number of benzene rings is 1. The lowest BCUT2D eigenvalue weighted by molar-refractivity contribution is 0.758. The molecule has 31 heavy (non-hydrogen) atoms. The summed E-state index contributed by atoms with van der Waals surface area (Å²) in [7, 11) is 0. The summed E-state index contributed by atoms with van der Waals surface area (Å²) < 4.78 is 1.68. The molecule has 0 unspecified atom stereocenters. The van der Waals surface area contributed by atoms with Crippen molar-refractivity contribution < 1.29 is 0 Å². The maximum atomic E-state index is 12.8. The van der Waals surface area contributed by atoms with Gasteiger partial charge in [0, 0.05) is 48.8 Å². The SMILES string of the molecule is O=c1cc(C2=CCc3ncc(N4CCSCC4)cc32)ccn1Cc1ccc(Cl)c(Cl)c1. The van der Waals surface area contributed by atoms with Crippen LogP contribution in [0.15, 0.2) is 59.7 Å². The van der Waals surface area contributed by atoms with Gasteiger partial charge in [-0.1, -0.05) is 35.3 Å². The molecule has 2 aliphatic rings. The largest absolute Gasteiger partial charge is 0.369 e. The number of anilines is 1. The number of aromatic nitrogens is 2. The topological polar surface area (TPSA) is 38.1 Å². The normalized spacial score (nSPS) is 15.7. The van der Waals surface area contributed by atoms with Crippen LogP contribution in [0.1, 0.15) is 22.4 Å². The number of pyridine rings is 2. The van der Waals surface area contributed by atoms with Crippen LogP contribution in [0.5, 0.6) is 0 Å². The lowest BCUT2D eigenvalue weighted by Crippen LogP contribution is -2.32. The van der Waals surface area contributed by atoms with Crippen molar-refractivity contribution in [3.05, 3.63) is 97.7 Å². The van der Waals surface area contributed by atoms with Crippen molar-refractivity contribution in [2.24, 2.45) is 0 Å². The summed E-state index contributed by atoms with van der Waals surface area (Å²) in [5.41, 5.74) is 6.29. The van der Waals surface area contributed by atoms with E-state index in [1.807, 2.05) is 36.3 Å². The molecule has 0 spiro atoms. The van der Waals surface area contributed by atoms with E-state index >= 15 is 0 Å². The van der Waals surface area contributed by atoms with Gasteiger partial charge >= 0.3 is 0 Å². The van der Waals surface area contributed by atoms with E-state index in [9.17, 15) is 4.79 Å². The van der Waals surface area contributed by atoms with Gasteiger partial charge in [-0.25, -0.2) is 0 Å². The summed E-state index contributed by atoms with van der Waals surface area (Å²) in [6.45, 7) is 2.55. The number of fused-ring (bicyclic) bond motifs is 1. The van der Waals surface area contributed by atoms with Crippen molar-refractivity contribution in [3.63, 3.8) is 0 Å². The van der Waals surface area contributed by atoms with Crippen LogP contribution in [0, 0.1) is 0 Å². The van der Waals surface area contributed by atoms with Crippen molar-refractivity contribution in [1.29, 1.82) is 0 Å². The lowest BCUT2D eigenvalue weighted by atomic mass is 10.0. The van der Waals surface area contributed by atoms with E-state index in [0.29, 0.717) is 16.6 Å². The van der Waals surface area contributed by atoms with Gasteiger partial charge < -0.3 is 9.47 Å². The second-order valence-corrected chi connectivity index (χ2v) is 9.78. The Morgan fingerprint density at radius 1 is 1.03 bits per heavy atom. The number of allylic oxidation sites excluding steroid dienone is 1. The number of rotatable bonds is 4. The van der Waals surface area contributed by atoms with Crippen LogP contribution in [0.2, 0.25) is 10.0 Å². The van der Waals surface area contributed by atoms with E-state index in [-0.39, 0.29) is 5.56 Å². The third-order valence-corrected chi connectivity index (χ3v) is 7.45. The monoisotopic (exact) mass is 469 g/mol. The first-order valence-electron chi connectivity index (χ1n) is 10.3. The number of nitrogens with zero attached hydrogens (tertiary/aromatic N) is 3. The van der Waals surface area contributed by atoms with Crippen molar-refractivity contribution in [3.8, 4) is 0 Å². The molecule has 0 atom stereocenters. The number of hydrogen-bond acceptors (Lipinski definition) is 4. The third-order valence-electron chi connectivity index (χ3n) is 5.77. The molecule has 1 saturated heterocycles. The number of hydrogen-bond donors (Lipinski definition) is 0. The summed E-state index contributed by atoms with van der Waals surface area (Å²) in [5, 5.41) is 1.00. The van der Waals surface area contributed by atoms with Crippen molar-refractivity contribution in [2.45, 2.75) is 13.0 Å². The van der Waals surface area contributed by atoms with Gasteiger partial charge in [0.2, 0.25) is 0 Å². The molecular formula is C24H21Cl2N3OS. The molecule has 1 fully saturated rings. The Morgan fingerprint density at radius 2 is 1.87 bits per heavy atom. The number of halogens is 2. The van der Waals surface area contributed by atoms with Crippen molar-refractivity contribution in [1.82, 2.24) is 9.55 Å². The Labute approximate surface area is 195 Å². The summed E-state index contributed by atoms with van der Waals surface area (Å²) in [5.74, 6) is 2.30. The predicted octanol–water partition coefficient (Wildman–Crippen LogP) is 5.14. The second-order valence-electron chi connectivity index (χ2n) is 7.74. The molecule has 5 rings (SSSR count). The molecule has 158 valence electrons. The van der Waals surface area contributed by atoms with Gasteiger partial charge in [-0.2, -0.15) is 11.8 Å². The van der Waals surface area contributed by atoms with E-state index in [0.717, 1.165) is 59.0 Å². The quantitative estimate of drug-likeness (QED) is 0.530. The fourth-order valence-electron chi connectivity index (χ4n) is 4.10. The van der Waals surface area contributed by atoms with Gasteiger partial charge in [0.25, 0.3) is 5.56 Å². The summed E-state index contributed by atoms with van der Waals surface area (Å²) in [6.07, 6.45) is 6.80. The molecule has 0 N–H and O–H groups in total. The van der Waals surface area contributed by atoms with Crippen LogP contribution in [0.4, 0.5) is 5.69 Å². The van der Waals surface area contributed by atoms with Crippen LogP contribution in [-0.2, 0) is 13.0 Å². The van der Waals surface area contributed by atoms with E-state index in [1.165, 1.54) is 5.69 Å². The molecule has 7 heteroatoms. The molecule has 2 aromatic heterocycles. The highest BCUT2D eigenvalue weighted by Crippen LogP contribution is 2.34. The molecular weight excluding hydrogens is 449 g/mol. The lowest BCUT2D eigenvalue weighted by Gasteiger charge is -2.28. The van der Waals surface area contributed by atoms with Crippen molar-refractivity contribution in [2.75, 3.05) is 29.5 Å². The van der Waals surface area contributed by atoms with Gasteiger partial charge in [0.05, 0.1) is 34.2 Å². The average molecular weight is 470 g/mol. The van der Waals surface area contributed by atoms with E-state index in [2.05, 4.69) is 17.0 Å². The van der Waals surface area contributed by atoms with Gasteiger partial charge in [-0.05, 0) is 41.0 Å². The Morgan fingerprint density at radius 3 is 2.65 bits per heavy atom. The zero-order valence-corrected chi connectivity index (χ0v) is 19.2. The van der Waals surface area contributed by atoms with Gasteiger partial charge in [-0.3, -0.25) is 9.78 Å². The molecule has 0 bridgehead atoms. The third kappa shape index (κ3) is 4.27. The Bertz CT molecular complexity index is 1230. The van der Waals surface area contributed by atoms with E-state index in [4.69, 9.17) is 28.2 Å². The first-order chi connectivity index (χ1) is 15.1. The smallest absolute Gasteiger partial charge is 0.251 e. The minimum atomic E-state index is -0.0462. The highest BCUT2D eigenvalue weighted by Gasteiger charge is 2.20. The molecule has 4 nitrogen and oxygen atoms in total. The zero-order chi connectivity index (χ0) is 21.4. The fourth-order valence-corrected chi connectivity index (χ4v) is 5.32. The molecule has 3 heterocycles. The van der Waals surface area contributed by atoms with Gasteiger partial charge in [0.15, 0.2) is 0 Å². The van der Waals surface area contributed by atoms with E-state index < -0.39 is 0 Å².